The van der Waals surface area contributed by atoms with E-state index in [1.54, 1.807) is 12.2 Å². The molecule has 33 heteroatoms. The lowest BCUT2D eigenvalue weighted by Gasteiger charge is -2.34. The number of benzene rings is 2. The van der Waals surface area contributed by atoms with Crippen molar-refractivity contribution in [3.05, 3.63) is 95.6 Å². The van der Waals surface area contributed by atoms with Gasteiger partial charge in [-0.2, -0.15) is 70.2 Å². The quantitative estimate of drug-likeness (QED) is 0.0502. The first-order chi connectivity index (χ1) is 30.4. The molecule has 0 aliphatic heterocycles. The number of esters is 2. The van der Waals surface area contributed by atoms with Crippen LogP contribution in [0.2, 0.25) is 0 Å². The number of halogens is 16. The van der Waals surface area contributed by atoms with Crippen molar-refractivity contribution in [3.63, 3.8) is 0 Å². The summed E-state index contributed by atoms with van der Waals surface area (Å²) >= 11 is 0. The van der Waals surface area contributed by atoms with Crippen molar-refractivity contribution in [1.82, 2.24) is 5.32 Å². The summed E-state index contributed by atoms with van der Waals surface area (Å²) in [6.45, 7) is 1.17. The molecule has 2 unspecified atom stereocenters. The van der Waals surface area contributed by atoms with Gasteiger partial charge < -0.3 is 33.4 Å². The molecule has 1 N–H and O–H groups in total. The van der Waals surface area contributed by atoms with E-state index < -0.39 is 141 Å². The monoisotopic (exact) mass is 1060 g/mol. The van der Waals surface area contributed by atoms with Crippen LogP contribution >= 0.6 is 0 Å². The molecule has 0 aromatic heterocycles. The number of alkyl halides is 16. The van der Waals surface area contributed by atoms with Crippen molar-refractivity contribution in [2.24, 2.45) is 0 Å². The summed E-state index contributed by atoms with van der Waals surface area (Å²) in [5, 5.41) is -8.80. The second kappa shape index (κ2) is 21.9. The van der Waals surface area contributed by atoms with Gasteiger partial charge in [0.05, 0.1) is 13.2 Å². The molecule has 1 amide bonds. The number of Topliss-reactive ketones (excluding diaryl/α,β-unsaturated/α-hetero) is 1. The van der Waals surface area contributed by atoms with Crippen molar-refractivity contribution < 1.29 is 134 Å². The van der Waals surface area contributed by atoms with E-state index in [9.17, 15) is 115 Å². The maximum absolute atomic E-state index is 13.9. The van der Waals surface area contributed by atoms with Gasteiger partial charge in [0.1, 0.15) is 11.1 Å². The first kappa shape index (κ1) is 60.6. The zero-order valence-electron chi connectivity index (χ0n) is 33.4. The minimum Gasteiger partial charge on any atom is -0.743 e. The number of rotatable bonds is 20. The molecular formula is C35H29F16NO14S2-2. The molecule has 2 atom stereocenters. The fraction of sp³-hybridized carbons (Fsp3) is 0.429. The third kappa shape index (κ3) is 16.1. The molecule has 0 aliphatic carbocycles. The second-order valence-electron chi connectivity index (χ2n) is 13.1. The standard InChI is InChI=1S/C18H16F8O7S.C17H15F8NO7S/c1-10-3-5-12(6-4-10)9-13(27)16(18(24,25)26,33-14(28)11(2)17(21,22)23)32-8-7-15(19,20)34(29,30)31;1-10(16(20,21)22)12(27)33-15(17(23,24)25,32-8-7-14(18,19)34(29,30)31)13(28)26-9-11-5-3-2-4-6-11/h3-6H,2,7-9H2,1H3,(H,29,30,31);2-6H,1,7-9H2,(H,26,28)(H,29,30,31)/p-2. The van der Waals surface area contributed by atoms with E-state index in [4.69, 9.17) is 0 Å². The van der Waals surface area contributed by atoms with E-state index >= 15 is 0 Å². The summed E-state index contributed by atoms with van der Waals surface area (Å²) in [7, 11) is -12.8. The van der Waals surface area contributed by atoms with Crippen LogP contribution in [-0.2, 0) is 71.3 Å². The first-order valence-electron chi connectivity index (χ1n) is 17.4. The van der Waals surface area contributed by atoms with Gasteiger partial charge in [-0.15, -0.1) is 0 Å². The predicted molar refractivity (Wildman–Crippen MR) is 189 cm³/mol. The number of carbonyl (C=O) groups is 4. The van der Waals surface area contributed by atoms with Crippen LogP contribution in [0.5, 0.6) is 0 Å². The number of ketones is 1. The van der Waals surface area contributed by atoms with E-state index in [-0.39, 0.29) is 11.1 Å². The van der Waals surface area contributed by atoms with Crippen LogP contribution in [0.15, 0.2) is 78.9 Å². The van der Waals surface area contributed by atoms with Crippen LogP contribution in [0.25, 0.3) is 0 Å². The summed E-state index contributed by atoms with van der Waals surface area (Å²) in [6, 6.07) is 11.9. The third-order valence-corrected chi connectivity index (χ3v) is 9.84. The van der Waals surface area contributed by atoms with E-state index in [1.165, 1.54) is 42.5 Å². The van der Waals surface area contributed by atoms with Crippen molar-refractivity contribution in [2.75, 3.05) is 13.2 Å². The van der Waals surface area contributed by atoms with Gasteiger partial charge in [0.25, 0.3) is 0 Å². The van der Waals surface area contributed by atoms with Gasteiger partial charge in [0.2, 0.25) is 5.78 Å². The highest BCUT2D eigenvalue weighted by Gasteiger charge is 2.68. The number of hydrogen-bond donors (Lipinski definition) is 1. The van der Waals surface area contributed by atoms with Gasteiger partial charge in [-0.1, -0.05) is 73.3 Å². The Labute approximate surface area is 371 Å². The molecule has 0 bridgehead atoms. The molecule has 0 saturated heterocycles. The zero-order valence-corrected chi connectivity index (χ0v) is 35.1. The van der Waals surface area contributed by atoms with Crippen molar-refractivity contribution in [2.45, 2.75) is 79.5 Å². The van der Waals surface area contributed by atoms with Gasteiger partial charge in [0, 0.05) is 25.8 Å². The Morgan fingerprint density at radius 2 is 0.941 bits per heavy atom. The Bertz CT molecular complexity index is 2370. The van der Waals surface area contributed by atoms with Crippen LogP contribution in [0.1, 0.15) is 29.5 Å². The lowest BCUT2D eigenvalue weighted by Crippen LogP contribution is -2.62. The Balaban J connectivity index is 0.000000680. The molecule has 0 saturated carbocycles. The number of nitrogens with one attached hydrogen (secondary N) is 1. The molecule has 384 valence electrons. The van der Waals surface area contributed by atoms with E-state index in [0.29, 0.717) is 5.56 Å². The zero-order chi connectivity index (χ0) is 53.3. The van der Waals surface area contributed by atoms with Crippen molar-refractivity contribution in [1.29, 1.82) is 0 Å². The SMILES string of the molecule is C=C(C(=O)OC(OCCC(F)(F)S(=O)(=O)[O-])(C(=O)Cc1ccc(C)cc1)C(F)(F)F)C(F)(F)F.C=C(C(=O)OC(OCCC(F)(F)S(=O)(=O)[O-])(C(=O)NCc1ccccc1)C(F)(F)F)C(F)(F)F. The highest BCUT2D eigenvalue weighted by atomic mass is 32.2. The summed E-state index contributed by atoms with van der Waals surface area (Å²) in [4.78, 5) is 48.2. The Kier molecular flexibility index (Phi) is 19.6. The molecule has 0 fully saturated rings. The van der Waals surface area contributed by atoms with Crippen LogP contribution in [0.3, 0.4) is 0 Å². The normalized spacial score (nSPS) is 14.8. The highest BCUT2D eigenvalue weighted by molar-refractivity contribution is 7.87. The fourth-order valence-corrected chi connectivity index (χ4v) is 4.94. The maximum Gasteiger partial charge on any atom is 0.466 e. The Morgan fingerprint density at radius 1 is 0.574 bits per heavy atom. The molecule has 0 heterocycles. The molecule has 2 aromatic carbocycles. The number of amides is 1. The molecule has 0 aliphatic rings. The molecule has 2 rings (SSSR count). The summed E-state index contributed by atoms with van der Waals surface area (Å²) in [5.74, 6) is -20.2. The summed E-state index contributed by atoms with van der Waals surface area (Å²) in [6.07, 6.45) is -29.3. The fourth-order valence-electron chi connectivity index (χ4n) is 4.27. The first-order valence-corrected chi connectivity index (χ1v) is 20.2. The number of carbonyl (C=O) groups excluding carboxylic acids is 4. The summed E-state index contributed by atoms with van der Waals surface area (Å²) in [5.41, 5.74) is -4.40. The third-order valence-electron chi connectivity index (χ3n) is 7.97. The van der Waals surface area contributed by atoms with E-state index in [2.05, 4.69) is 32.1 Å². The molecule has 68 heavy (non-hydrogen) atoms. The molecule has 15 nitrogen and oxygen atoms in total. The second-order valence-corrected chi connectivity index (χ2v) is 16.1. The van der Waals surface area contributed by atoms with Gasteiger partial charge in [0.15, 0.2) is 20.2 Å². The molecular weight excluding hydrogens is 1030 g/mol. The minimum atomic E-state index is -6.39. The predicted octanol–water partition coefficient (Wildman–Crippen LogP) is 6.34. The molecule has 2 aromatic rings. The summed E-state index contributed by atoms with van der Waals surface area (Å²) < 4.78 is 291. The molecule has 0 spiro atoms. The Morgan fingerprint density at radius 3 is 1.29 bits per heavy atom. The van der Waals surface area contributed by atoms with Crippen molar-refractivity contribution in [3.8, 4) is 0 Å². The average molecular weight is 1060 g/mol. The average Bonchev–Trinajstić information content (AvgIpc) is 3.17. The van der Waals surface area contributed by atoms with Crippen LogP contribution < -0.4 is 5.32 Å². The topological polar surface area (TPSA) is 232 Å². The van der Waals surface area contributed by atoms with Crippen LogP contribution in [0, 0.1) is 6.92 Å². The van der Waals surface area contributed by atoms with Crippen LogP contribution in [0.4, 0.5) is 70.2 Å². The molecule has 0 radical (unpaired) electrons. The lowest BCUT2D eigenvalue weighted by atomic mass is 10.0. The Hall–Kier alpha value is -5.38. The number of ether oxygens (including phenoxy) is 4. The largest absolute Gasteiger partial charge is 0.743 e. The van der Waals surface area contributed by atoms with Gasteiger partial charge in [-0.25, -0.2) is 26.4 Å². The lowest BCUT2D eigenvalue weighted by molar-refractivity contribution is -0.348. The minimum absolute atomic E-state index is 0.155. The van der Waals surface area contributed by atoms with E-state index in [0.717, 1.165) is 12.1 Å². The smallest absolute Gasteiger partial charge is 0.466 e. The van der Waals surface area contributed by atoms with Crippen molar-refractivity contribution >= 4 is 43.9 Å². The number of aryl methyl sites for hydroxylation is 1. The van der Waals surface area contributed by atoms with Crippen LogP contribution in [-0.4, -0.2) is 110 Å². The number of hydrogen-bond acceptors (Lipinski definition) is 14. The van der Waals surface area contributed by atoms with Gasteiger partial charge in [-0.3, -0.25) is 9.59 Å². The highest BCUT2D eigenvalue weighted by Crippen LogP contribution is 2.41. The van der Waals surface area contributed by atoms with Gasteiger partial charge in [-0.05, 0) is 18.1 Å². The van der Waals surface area contributed by atoms with Gasteiger partial charge >= 0.3 is 64.6 Å². The van der Waals surface area contributed by atoms with E-state index in [1.807, 2.05) is 0 Å². The maximum atomic E-state index is 13.9.